The van der Waals surface area contributed by atoms with Crippen LogP contribution < -0.4 is 10.5 Å². The molecule has 0 fully saturated rings. The highest BCUT2D eigenvalue weighted by Gasteiger charge is 2.20. The molecule has 0 bridgehead atoms. The quantitative estimate of drug-likeness (QED) is 0.798. The summed E-state index contributed by atoms with van der Waals surface area (Å²) in [6, 6.07) is 6.44. The van der Waals surface area contributed by atoms with Crippen LogP contribution in [0.1, 0.15) is 49.4 Å². The van der Waals surface area contributed by atoms with E-state index in [1.54, 1.807) is 32.0 Å². The molecule has 3 N–H and O–H groups in total. The molecule has 0 aliphatic rings. The van der Waals surface area contributed by atoms with Crippen molar-refractivity contribution in [3.63, 3.8) is 0 Å². The minimum Gasteiger partial charge on any atom is -0.485 e. The maximum atomic E-state index is 12.3. The molecule has 0 spiro atoms. The summed E-state index contributed by atoms with van der Waals surface area (Å²) in [5, 5.41) is 0. The third-order valence-electron chi connectivity index (χ3n) is 3.58. The fraction of sp³-hybridized carbons (Fsp3) is 0.235. The normalized spacial score (nSPS) is 10.4. The van der Waals surface area contributed by atoms with Crippen LogP contribution in [0.4, 0.5) is 0 Å². The van der Waals surface area contributed by atoms with Gasteiger partial charge in [-0.05, 0) is 38.5 Å². The highest BCUT2D eigenvalue weighted by molar-refractivity contribution is 6.04. The number of aryl methyl sites for hydroxylation is 1. The minimum atomic E-state index is -0.626. The van der Waals surface area contributed by atoms with Crippen molar-refractivity contribution in [2.45, 2.75) is 20.8 Å². The Kier molecular flexibility index (Phi) is 4.64. The lowest BCUT2D eigenvalue weighted by Crippen LogP contribution is -2.17. The maximum Gasteiger partial charge on any atom is 0.252 e. The molecule has 1 aromatic heterocycles. The van der Waals surface area contributed by atoms with Gasteiger partial charge in [-0.25, -0.2) is 0 Å². The summed E-state index contributed by atoms with van der Waals surface area (Å²) in [5.41, 5.74) is 7.59. The van der Waals surface area contributed by atoms with Crippen LogP contribution in [0.5, 0.6) is 5.75 Å². The third kappa shape index (κ3) is 3.31. The Balaban J connectivity index is 2.20. The molecule has 1 heterocycles. The zero-order valence-corrected chi connectivity index (χ0v) is 13.2. The first-order valence-corrected chi connectivity index (χ1v) is 7.07. The molecule has 0 aliphatic heterocycles. The predicted molar refractivity (Wildman–Crippen MR) is 85.1 cm³/mol. The van der Waals surface area contributed by atoms with E-state index in [0.29, 0.717) is 22.5 Å². The van der Waals surface area contributed by atoms with Gasteiger partial charge in [0.2, 0.25) is 5.78 Å². The van der Waals surface area contributed by atoms with Crippen molar-refractivity contribution in [2.75, 3.05) is 6.61 Å². The Morgan fingerprint density at radius 1 is 1.17 bits per heavy atom. The highest BCUT2D eigenvalue weighted by atomic mass is 16.5. The Morgan fingerprint density at radius 2 is 1.83 bits per heavy atom. The Labute approximate surface area is 133 Å². The molecule has 0 atom stereocenters. The van der Waals surface area contributed by atoms with E-state index < -0.39 is 5.91 Å². The second-order valence-electron chi connectivity index (χ2n) is 5.25. The van der Waals surface area contributed by atoms with Crippen LogP contribution in [-0.4, -0.2) is 29.1 Å². The molecule has 2 rings (SSSR count). The average Bonchev–Trinajstić information content (AvgIpc) is 2.80. The number of ether oxygens (including phenoxy) is 1. The molecule has 0 saturated heterocycles. The van der Waals surface area contributed by atoms with E-state index in [-0.39, 0.29) is 29.5 Å². The van der Waals surface area contributed by atoms with Crippen LogP contribution >= 0.6 is 0 Å². The number of nitrogens with two attached hydrogens (primary N) is 1. The summed E-state index contributed by atoms with van der Waals surface area (Å²) in [6.07, 6.45) is 0. The van der Waals surface area contributed by atoms with Crippen LogP contribution in [-0.2, 0) is 0 Å². The van der Waals surface area contributed by atoms with E-state index in [4.69, 9.17) is 10.5 Å². The number of nitrogens with one attached hydrogen (secondary N) is 1. The number of para-hydroxylation sites is 1. The van der Waals surface area contributed by atoms with Crippen molar-refractivity contribution < 1.29 is 19.1 Å². The molecular formula is C17H18N2O4. The van der Waals surface area contributed by atoms with Gasteiger partial charge >= 0.3 is 0 Å². The van der Waals surface area contributed by atoms with E-state index in [0.717, 1.165) is 0 Å². The van der Waals surface area contributed by atoms with Crippen molar-refractivity contribution in [1.82, 2.24) is 4.98 Å². The zero-order chi connectivity index (χ0) is 17.1. The topological polar surface area (TPSA) is 102 Å². The minimum absolute atomic E-state index is 0.102. The van der Waals surface area contributed by atoms with Crippen LogP contribution in [0, 0.1) is 13.8 Å². The first-order chi connectivity index (χ1) is 10.8. The van der Waals surface area contributed by atoms with Gasteiger partial charge in [-0.1, -0.05) is 12.1 Å². The van der Waals surface area contributed by atoms with Crippen LogP contribution in [0.25, 0.3) is 0 Å². The number of ketones is 2. The predicted octanol–water partition coefficient (Wildman–Crippen LogP) is 2.19. The van der Waals surface area contributed by atoms with Crippen LogP contribution in [0.15, 0.2) is 24.3 Å². The number of hydrogen-bond acceptors (Lipinski definition) is 4. The Morgan fingerprint density at radius 3 is 2.39 bits per heavy atom. The van der Waals surface area contributed by atoms with E-state index >= 15 is 0 Å². The molecule has 6 nitrogen and oxygen atoms in total. The fourth-order valence-electron chi connectivity index (χ4n) is 2.57. The largest absolute Gasteiger partial charge is 0.485 e. The number of carbonyl (C=O) groups is 3. The van der Waals surface area contributed by atoms with Gasteiger partial charge in [0.05, 0.1) is 11.3 Å². The lowest BCUT2D eigenvalue weighted by atomic mass is 10.1. The first-order valence-electron chi connectivity index (χ1n) is 7.07. The van der Waals surface area contributed by atoms with Gasteiger partial charge in [0.1, 0.15) is 5.75 Å². The standard InChI is InChI=1S/C17H18N2O4/c1-9-15(11(3)20)10(2)19-16(9)13(21)8-23-14-7-5-4-6-12(14)17(18)22/h4-7,19H,8H2,1-3H3,(H2,18,22). The SMILES string of the molecule is CC(=O)c1c(C)[nH]c(C(=O)COc2ccccc2C(N)=O)c1C. The molecule has 1 aromatic carbocycles. The molecule has 120 valence electrons. The summed E-state index contributed by atoms with van der Waals surface area (Å²) in [4.78, 5) is 38.2. The monoisotopic (exact) mass is 314 g/mol. The molecule has 0 unspecified atom stereocenters. The second-order valence-corrected chi connectivity index (χ2v) is 5.25. The lowest BCUT2D eigenvalue weighted by molar-refractivity contribution is 0.0907. The first kappa shape index (κ1) is 16.5. The van der Waals surface area contributed by atoms with Crippen molar-refractivity contribution in [3.8, 4) is 5.75 Å². The summed E-state index contributed by atoms with van der Waals surface area (Å²) in [5.74, 6) is -0.785. The van der Waals surface area contributed by atoms with E-state index in [1.807, 2.05) is 0 Å². The number of aromatic nitrogens is 1. The molecule has 6 heteroatoms. The van der Waals surface area contributed by atoms with Gasteiger partial charge in [0.25, 0.3) is 5.91 Å². The summed E-state index contributed by atoms with van der Waals surface area (Å²) < 4.78 is 5.42. The van der Waals surface area contributed by atoms with Gasteiger partial charge < -0.3 is 15.5 Å². The second kappa shape index (κ2) is 6.48. The number of amides is 1. The number of hydrogen-bond donors (Lipinski definition) is 2. The number of benzene rings is 1. The van der Waals surface area contributed by atoms with Gasteiger partial charge in [-0.2, -0.15) is 0 Å². The molecule has 2 aromatic rings. The van der Waals surface area contributed by atoms with E-state index in [9.17, 15) is 14.4 Å². The summed E-state index contributed by atoms with van der Waals surface area (Å²) >= 11 is 0. The number of H-pyrrole nitrogens is 1. The zero-order valence-electron chi connectivity index (χ0n) is 13.2. The molecule has 1 amide bonds. The number of carbonyl (C=O) groups excluding carboxylic acids is 3. The molecule has 23 heavy (non-hydrogen) atoms. The average molecular weight is 314 g/mol. The van der Waals surface area contributed by atoms with E-state index in [2.05, 4.69) is 4.98 Å². The van der Waals surface area contributed by atoms with E-state index in [1.165, 1.54) is 13.0 Å². The number of aromatic amines is 1. The smallest absolute Gasteiger partial charge is 0.252 e. The molecule has 0 aliphatic carbocycles. The lowest BCUT2D eigenvalue weighted by Gasteiger charge is -2.08. The van der Waals surface area contributed by atoms with Gasteiger partial charge in [0, 0.05) is 11.3 Å². The Bertz CT molecular complexity index is 790. The third-order valence-corrected chi connectivity index (χ3v) is 3.58. The van der Waals surface area contributed by atoms with Gasteiger partial charge in [-0.3, -0.25) is 14.4 Å². The van der Waals surface area contributed by atoms with Crippen molar-refractivity contribution in [1.29, 1.82) is 0 Å². The van der Waals surface area contributed by atoms with Crippen molar-refractivity contribution in [2.24, 2.45) is 5.73 Å². The summed E-state index contributed by atoms with van der Waals surface area (Å²) in [6.45, 7) is 4.65. The van der Waals surface area contributed by atoms with Crippen LogP contribution in [0.3, 0.4) is 0 Å². The summed E-state index contributed by atoms with van der Waals surface area (Å²) in [7, 11) is 0. The number of primary amides is 1. The van der Waals surface area contributed by atoms with Gasteiger partial charge in [-0.15, -0.1) is 0 Å². The molecule has 0 saturated carbocycles. The number of rotatable bonds is 6. The highest BCUT2D eigenvalue weighted by Crippen LogP contribution is 2.21. The molecule has 0 radical (unpaired) electrons. The number of Topliss-reactive ketones (excluding diaryl/α,β-unsaturated/α-hetero) is 2. The van der Waals surface area contributed by atoms with Crippen molar-refractivity contribution in [3.05, 3.63) is 52.3 Å². The van der Waals surface area contributed by atoms with Crippen LogP contribution in [0.2, 0.25) is 0 Å². The van der Waals surface area contributed by atoms with Crippen molar-refractivity contribution >= 4 is 17.5 Å². The Hall–Kier alpha value is -2.89. The molecular weight excluding hydrogens is 296 g/mol. The maximum absolute atomic E-state index is 12.3. The fourth-order valence-corrected chi connectivity index (χ4v) is 2.57. The van der Waals surface area contributed by atoms with Gasteiger partial charge in [0.15, 0.2) is 12.4 Å².